The molecule has 0 radical (unpaired) electrons. The first-order valence-electron chi connectivity index (χ1n) is 15.9. The van der Waals surface area contributed by atoms with Crippen LogP contribution in [0, 0.1) is 29.4 Å². The highest BCUT2D eigenvalue weighted by Gasteiger charge is 2.32. The van der Waals surface area contributed by atoms with Gasteiger partial charge in [-0.15, -0.1) is 0 Å². The third-order valence-corrected chi connectivity index (χ3v) is 9.33. The lowest BCUT2D eigenvalue weighted by Crippen LogP contribution is -2.25. The zero-order chi connectivity index (χ0) is 27.5. The van der Waals surface area contributed by atoms with Crippen LogP contribution in [0.15, 0.2) is 48.6 Å². The Kier molecular flexibility index (Phi) is 11.9. The number of hydrogen-bond donors (Lipinski definition) is 0. The Hall–Kier alpha value is -2.16. The van der Waals surface area contributed by atoms with Crippen LogP contribution in [0.3, 0.4) is 0 Å². The maximum atomic E-state index is 14.8. The summed E-state index contributed by atoms with van der Waals surface area (Å²) in [7, 11) is 0. The number of halogens is 2. The molecule has 0 bridgehead atoms. The molecular formula is C36H50F2O. The minimum absolute atomic E-state index is 0.0458. The molecule has 4 rings (SSSR count). The molecule has 0 amide bonds. The zero-order valence-electron chi connectivity index (χ0n) is 24.4. The van der Waals surface area contributed by atoms with Gasteiger partial charge in [0.15, 0.2) is 11.6 Å². The lowest BCUT2D eigenvalue weighted by Gasteiger charge is -2.37. The highest BCUT2D eigenvalue weighted by Crippen LogP contribution is 2.45. The Morgan fingerprint density at radius 2 is 1.36 bits per heavy atom. The standard InChI is InChI=1S/C36H50F2O/c1-3-5-6-9-27-12-14-28(15-13-27)10-7-8-11-29-16-18-30(19-17-29)31-20-22-32(23-21-31)33-24-25-34(39-26-4-2)36(38)35(33)37/h8,11-15,24-25,29-32H,3-7,9-10,16-23,26H2,1-2H3/b11-8+. The first-order valence-corrected chi connectivity index (χ1v) is 15.9. The van der Waals surface area contributed by atoms with E-state index in [4.69, 9.17) is 4.74 Å². The van der Waals surface area contributed by atoms with Crippen LogP contribution >= 0.6 is 0 Å². The number of benzene rings is 2. The molecule has 2 aromatic rings. The van der Waals surface area contributed by atoms with E-state index in [0.717, 1.165) is 62.7 Å². The van der Waals surface area contributed by atoms with Crippen LogP contribution in [-0.2, 0) is 12.8 Å². The number of aryl methyl sites for hydroxylation is 2. The van der Waals surface area contributed by atoms with Gasteiger partial charge in [-0.25, -0.2) is 4.39 Å². The summed E-state index contributed by atoms with van der Waals surface area (Å²) in [5, 5.41) is 0. The second kappa shape index (κ2) is 15.6. The summed E-state index contributed by atoms with van der Waals surface area (Å²) in [6, 6.07) is 12.6. The van der Waals surface area contributed by atoms with Gasteiger partial charge in [0, 0.05) is 0 Å². The van der Waals surface area contributed by atoms with Crippen molar-refractivity contribution in [3.05, 3.63) is 76.9 Å². The molecule has 2 aliphatic carbocycles. The zero-order valence-corrected chi connectivity index (χ0v) is 24.4. The number of ether oxygens (including phenoxy) is 1. The third-order valence-electron chi connectivity index (χ3n) is 9.33. The summed E-state index contributed by atoms with van der Waals surface area (Å²) in [5.41, 5.74) is 3.47. The van der Waals surface area contributed by atoms with E-state index in [0.29, 0.717) is 12.2 Å². The minimum Gasteiger partial charge on any atom is -0.490 e. The van der Waals surface area contributed by atoms with Crippen LogP contribution in [0.25, 0.3) is 0 Å². The Labute approximate surface area is 236 Å². The highest BCUT2D eigenvalue weighted by molar-refractivity contribution is 5.33. The molecule has 2 saturated carbocycles. The Morgan fingerprint density at radius 1 is 0.718 bits per heavy atom. The lowest BCUT2D eigenvalue weighted by atomic mass is 9.68. The quantitative estimate of drug-likeness (QED) is 0.183. The number of hydrogen-bond acceptors (Lipinski definition) is 1. The summed E-state index contributed by atoms with van der Waals surface area (Å²) in [4.78, 5) is 0. The second-order valence-electron chi connectivity index (χ2n) is 12.2. The van der Waals surface area contributed by atoms with Crippen molar-refractivity contribution in [1.82, 2.24) is 0 Å². The highest BCUT2D eigenvalue weighted by atomic mass is 19.2. The van der Waals surface area contributed by atoms with Crippen LogP contribution in [0.4, 0.5) is 8.78 Å². The van der Waals surface area contributed by atoms with Gasteiger partial charge in [-0.3, -0.25) is 0 Å². The molecule has 0 saturated heterocycles. The predicted octanol–water partition coefficient (Wildman–Crippen LogP) is 10.8. The van der Waals surface area contributed by atoms with Crippen LogP contribution in [-0.4, -0.2) is 6.61 Å². The molecule has 2 aliphatic rings. The van der Waals surface area contributed by atoms with Crippen LogP contribution in [0.1, 0.15) is 120 Å². The first kappa shape index (κ1) is 29.8. The van der Waals surface area contributed by atoms with E-state index in [1.807, 2.05) is 6.92 Å². The topological polar surface area (TPSA) is 9.23 Å². The Balaban J connectivity index is 1.15. The molecule has 0 atom stereocenters. The summed E-state index contributed by atoms with van der Waals surface area (Å²) >= 11 is 0. The van der Waals surface area contributed by atoms with E-state index < -0.39 is 11.6 Å². The molecule has 39 heavy (non-hydrogen) atoms. The fraction of sp³-hybridized carbons (Fsp3) is 0.611. The monoisotopic (exact) mass is 536 g/mol. The molecule has 1 nitrogen and oxygen atoms in total. The Morgan fingerprint density at radius 3 is 2.00 bits per heavy atom. The van der Waals surface area contributed by atoms with E-state index in [1.54, 1.807) is 12.1 Å². The SMILES string of the molecule is CCCCCc1ccc(CC/C=C/C2CCC(C3CCC(c4ccc(OCCC)c(F)c4F)CC3)CC2)cc1. The van der Waals surface area contributed by atoms with Crippen LogP contribution in [0.2, 0.25) is 0 Å². The maximum absolute atomic E-state index is 14.8. The summed E-state index contributed by atoms with van der Waals surface area (Å²) in [5.74, 6) is 0.943. The van der Waals surface area contributed by atoms with Crippen molar-refractivity contribution in [3.8, 4) is 5.75 Å². The maximum Gasteiger partial charge on any atom is 0.200 e. The van der Waals surface area contributed by atoms with Gasteiger partial charge in [0.1, 0.15) is 0 Å². The molecule has 0 unspecified atom stereocenters. The van der Waals surface area contributed by atoms with Crippen molar-refractivity contribution in [2.24, 2.45) is 17.8 Å². The lowest BCUT2D eigenvalue weighted by molar-refractivity contribution is 0.170. The van der Waals surface area contributed by atoms with Gasteiger partial charge in [0.25, 0.3) is 0 Å². The predicted molar refractivity (Wildman–Crippen MR) is 159 cm³/mol. The van der Waals surface area contributed by atoms with Crippen LogP contribution in [0.5, 0.6) is 5.75 Å². The van der Waals surface area contributed by atoms with Gasteiger partial charge < -0.3 is 4.74 Å². The minimum atomic E-state index is -0.815. The normalized spacial score (nSPS) is 23.8. The van der Waals surface area contributed by atoms with Gasteiger partial charge in [-0.05, 0) is 130 Å². The number of allylic oxidation sites excluding steroid dienone is 2. The largest absolute Gasteiger partial charge is 0.490 e. The Bertz CT molecular complexity index is 1010. The van der Waals surface area contributed by atoms with Crippen molar-refractivity contribution in [3.63, 3.8) is 0 Å². The summed E-state index contributed by atoms with van der Waals surface area (Å²) in [6.07, 6.45) is 22.5. The van der Waals surface area contributed by atoms with Gasteiger partial charge in [-0.1, -0.05) is 69.2 Å². The van der Waals surface area contributed by atoms with E-state index in [1.165, 1.54) is 62.5 Å². The van der Waals surface area contributed by atoms with Crippen molar-refractivity contribution >= 4 is 0 Å². The molecule has 0 N–H and O–H groups in total. The molecule has 2 fully saturated rings. The molecule has 0 heterocycles. The molecule has 214 valence electrons. The first-order chi connectivity index (χ1) is 19.1. The fourth-order valence-electron chi connectivity index (χ4n) is 6.89. The molecule has 0 spiro atoms. The molecular weight excluding hydrogens is 486 g/mol. The average molecular weight is 537 g/mol. The molecule has 2 aromatic carbocycles. The smallest absolute Gasteiger partial charge is 0.200 e. The number of rotatable bonds is 13. The van der Waals surface area contributed by atoms with E-state index in [-0.39, 0.29) is 11.7 Å². The van der Waals surface area contributed by atoms with E-state index in [9.17, 15) is 8.78 Å². The van der Waals surface area contributed by atoms with Gasteiger partial charge in [0.2, 0.25) is 5.82 Å². The summed E-state index contributed by atoms with van der Waals surface area (Å²) < 4.78 is 34.7. The van der Waals surface area contributed by atoms with Crippen molar-refractivity contribution < 1.29 is 13.5 Å². The molecule has 0 aromatic heterocycles. The van der Waals surface area contributed by atoms with Gasteiger partial charge in [-0.2, -0.15) is 4.39 Å². The van der Waals surface area contributed by atoms with Crippen molar-refractivity contribution in [2.45, 2.75) is 116 Å². The number of unbranched alkanes of at least 4 members (excludes halogenated alkanes) is 2. The third kappa shape index (κ3) is 8.66. The molecule has 3 heteroatoms. The second-order valence-corrected chi connectivity index (χ2v) is 12.2. The van der Waals surface area contributed by atoms with Crippen molar-refractivity contribution in [1.29, 1.82) is 0 Å². The van der Waals surface area contributed by atoms with Crippen molar-refractivity contribution in [2.75, 3.05) is 6.61 Å². The average Bonchev–Trinajstić information content (AvgIpc) is 2.97. The van der Waals surface area contributed by atoms with E-state index in [2.05, 4.69) is 43.3 Å². The summed E-state index contributed by atoms with van der Waals surface area (Å²) in [6.45, 7) is 4.63. The van der Waals surface area contributed by atoms with Crippen LogP contribution < -0.4 is 4.74 Å². The van der Waals surface area contributed by atoms with E-state index >= 15 is 0 Å². The van der Waals surface area contributed by atoms with Gasteiger partial charge in [0.05, 0.1) is 6.61 Å². The fourth-order valence-corrected chi connectivity index (χ4v) is 6.89. The molecule has 0 aliphatic heterocycles. The van der Waals surface area contributed by atoms with Gasteiger partial charge >= 0.3 is 0 Å².